The maximum atomic E-state index is 11.4. The molecule has 1 aliphatic heterocycles. The van der Waals surface area contributed by atoms with Crippen LogP contribution in [0.3, 0.4) is 0 Å². The van der Waals surface area contributed by atoms with Gasteiger partial charge < -0.3 is 33.9 Å². The highest BCUT2D eigenvalue weighted by atomic mass is 16.7. The van der Waals surface area contributed by atoms with E-state index < -0.39 is 42.9 Å². The Morgan fingerprint density at radius 2 is 1.96 bits per heavy atom. The summed E-state index contributed by atoms with van der Waals surface area (Å²) in [5.74, 6) is 0.355. The van der Waals surface area contributed by atoms with Gasteiger partial charge in [-0.3, -0.25) is 0 Å². The fourth-order valence-electron chi connectivity index (χ4n) is 2.95. The zero-order chi connectivity index (χ0) is 18.1. The van der Waals surface area contributed by atoms with Crippen LogP contribution in [0.4, 0.5) is 0 Å². The fourth-order valence-corrected chi connectivity index (χ4v) is 2.95. The molecule has 0 radical (unpaired) electrons. The van der Waals surface area contributed by atoms with E-state index >= 15 is 0 Å². The molecule has 0 bridgehead atoms. The number of aliphatic hydroxyl groups excluding tert-OH is 3. The number of ether oxygens (including phenoxy) is 3. The van der Waals surface area contributed by atoms with Crippen LogP contribution in [0.5, 0.6) is 5.75 Å². The third-order valence-electron chi connectivity index (χ3n) is 4.27. The average Bonchev–Trinajstić information content (AvgIpc) is 2.59. The molecule has 1 aromatic heterocycles. The molecular weight excluding hydrogens is 332 g/mol. The van der Waals surface area contributed by atoms with Crippen LogP contribution in [0, 0.1) is 6.92 Å². The zero-order valence-electron chi connectivity index (χ0n) is 13.8. The Morgan fingerprint density at radius 3 is 2.64 bits per heavy atom. The molecule has 0 saturated carbocycles. The number of aryl methyl sites for hydroxylation is 1. The normalized spacial score (nSPS) is 29.7. The molecule has 1 aromatic carbocycles. The summed E-state index contributed by atoms with van der Waals surface area (Å²) in [6.07, 6.45) is -5.53. The Bertz CT molecular complexity index is 799. The van der Waals surface area contributed by atoms with Crippen LogP contribution in [0.25, 0.3) is 11.0 Å². The van der Waals surface area contributed by atoms with Crippen LogP contribution in [-0.4, -0.2) is 59.7 Å². The van der Waals surface area contributed by atoms with E-state index in [0.29, 0.717) is 16.7 Å². The number of methoxy groups -OCH3 is 1. The van der Waals surface area contributed by atoms with E-state index in [1.165, 1.54) is 13.2 Å². The van der Waals surface area contributed by atoms with Gasteiger partial charge in [-0.25, -0.2) is 4.79 Å². The minimum absolute atomic E-state index is 0.355. The number of rotatable bonds is 4. The van der Waals surface area contributed by atoms with Crippen molar-refractivity contribution in [2.24, 2.45) is 0 Å². The lowest BCUT2D eigenvalue weighted by Gasteiger charge is -2.41. The third kappa shape index (κ3) is 3.39. The lowest BCUT2D eigenvalue weighted by molar-refractivity contribution is -0.281. The highest BCUT2D eigenvalue weighted by Gasteiger charge is 2.45. The number of benzene rings is 1. The van der Waals surface area contributed by atoms with Crippen molar-refractivity contribution in [2.75, 3.05) is 13.7 Å². The first-order valence-corrected chi connectivity index (χ1v) is 7.81. The summed E-state index contributed by atoms with van der Waals surface area (Å²) < 4.78 is 21.3. The van der Waals surface area contributed by atoms with E-state index in [-0.39, 0.29) is 0 Å². The summed E-state index contributed by atoms with van der Waals surface area (Å²) in [5.41, 5.74) is 0.689. The van der Waals surface area contributed by atoms with Crippen LogP contribution >= 0.6 is 0 Å². The second-order valence-corrected chi connectivity index (χ2v) is 5.93. The van der Waals surface area contributed by atoms with Gasteiger partial charge in [0, 0.05) is 18.6 Å². The van der Waals surface area contributed by atoms with Crippen molar-refractivity contribution in [3.8, 4) is 5.75 Å². The molecule has 136 valence electrons. The zero-order valence-corrected chi connectivity index (χ0v) is 13.8. The quantitative estimate of drug-likeness (QED) is 0.655. The lowest BCUT2D eigenvalue weighted by atomic mass is 9.99. The third-order valence-corrected chi connectivity index (χ3v) is 4.27. The van der Waals surface area contributed by atoms with E-state index in [1.807, 2.05) is 0 Å². The molecule has 2 aromatic rings. The van der Waals surface area contributed by atoms with Gasteiger partial charge in [0.25, 0.3) is 0 Å². The Hall–Kier alpha value is -1.97. The largest absolute Gasteiger partial charge is 0.462 e. The minimum atomic E-state index is -1.36. The van der Waals surface area contributed by atoms with Crippen molar-refractivity contribution in [1.29, 1.82) is 0 Å². The number of hydrogen-bond acceptors (Lipinski definition) is 8. The maximum absolute atomic E-state index is 11.4. The molecule has 0 amide bonds. The topological polar surface area (TPSA) is 119 Å². The summed E-state index contributed by atoms with van der Waals surface area (Å²) in [4.78, 5) is 11.4. The Morgan fingerprint density at radius 1 is 1.20 bits per heavy atom. The second-order valence-electron chi connectivity index (χ2n) is 5.93. The molecule has 0 aliphatic carbocycles. The minimum Gasteiger partial charge on any atom is -0.462 e. The summed E-state index contributed by atoms with van der Waals surface area (Å²) >= 11 is 0. The summed E-state index contributed by atoms with van der Waals surface area (Å²) in [5, 5.41) is 30.4. The average molecular weight is 352 g/mol. The fraction of sp³-hybridized carbons (Fsp3) is 0.471. The number of fused-ring (bicyclic) bond motifs is 1. The van der Waals surface area contributed by atoms with Gasteiger partial charge in [0.05, 0.1) is 6.61 Å². The lowest BCUT2D eigenvalue weighted by Crippen LogP contribution is -2.60. The van der Waals surface area contributed by atoms with Gasteiger partial charge in [0.2, 0.25) is 6.29 Å². The maximum Gasteiger partial charge on any atom is 0.336 e. The van der Waals surface area contributed by atoms with Gasteiger partial charge in [0.15, 0.2) is 0 Å². The molecule has 3 rings (SSSR count). The molecule has 0 unspecified atom stereocenters. The van der Waals surface area contributed by atoms with E-state index in [2.05, 4.69) is 0 Å². The summed E-state index contributed by atoms with van der Waals surface area (Å²) in [6.45, 7) is 1.37. The van der Waals surface area contributed by atoms with E-state index in [9.17, 15) is 20.1 Å². The van der Waals surface area contributed by atoms with Gasteiger partial charge in [-0.15, -0.1) is 0 Å². The van der Waals surface area contributed by atoms with Crippen molar-refractivity contribution in [1.82, 2.24) is 0 Å². The predicted octanol–water partition coefficient (Wildman–Crippen LogP) is -0.0658. The molecule has 25 heavy (non-hydrogen) atoms. The molecule has 0 spiro atoms. The van der Waals surface area contributed by atoms with Crippen LogP contribution in [0.2, 0.25) is 0 Å². The van der Waals surface area contributed by atoms with Crippen LogP contribution < -0.4 is 10.4 Å². The van der Waals surface area contributed by atoms with Gasteiger partial charge in [0.1, 0.15) is 35.7 Å². The molecule has 2 heterocycles. The number of aliphatic hydroxyl groups is 3. The smallest absolute Gasteiger partial charge is 0.336 e. The van der Waals surface area contributed by atoms with Gasteiger partial charge in [-0.05, 0) is 30.7 Å². The molecule has 8 nitrogen and oxygen atoms in total. The van der Waals surface area contributed by atoms with E-state index in [1.54, 1.807) is 25.1 Å². The first kappa shape index (κ1) is 17.8. The molecule has 1 fully saturated rings. The SMILES string of the molecule is CO[C@H]1[C@H](O)[C@@H](O)[C@H](Oc2ccc3oc(=O)cc(C)c3c2)O[C@@H]1CO. The first-order chi connectivity index (χ1) is 11.9. The molecule has 8 heteroatoms. The highest BCUT2D eigenvalue weighted by molar-refractivity contribution is 5.81. The van der Waals surface area contributed by atoms with Crippen LogP contribution in [0.1, 0.15) is 5.56 Å². The van der Waals surface area contributed by atoms with Crippen LogP contribution in [-0.2, 0) is 9.47 Å². The van der Waals surface area contributed by atoms with Crippen LogP contribution in [0.15, 0.2) is 33.5 Å². The Kier molecular flexibility index (Phi) is 5.07. The van der Waals surface area contributed by atoms with Crippen molar-refractivity contribution in [3.05, 3.63) is 40.2 Å². The van der Waals surface area contributed by atoms with Gasteiger partial charge in [-0.2, -0.15) is 0 Å². The first-order valence-electron chi connectivity index (χ1n) is 7.81. The van der Waals surface area contributed by atoms with Gasteiger partial charge in [-0.1, -0.05) is 0 Å². The Balaban J connectivity index is 1.86. The summed E-state index contributed by atoms with van der Waals surface area (Å²) in [7, 11) is 1.35. The van der Waals surface area contributed by atoms with E-state index in [0.717, 1.165) is 5.56 Å². The molecule has 3 N–H and O–H groups in total. The van der Waals surface area contributed by atoms with Crippen molar-refractivity contribution >= 4 is 11.0 Å². The van der Waals surface area contributed by atoms with Crippen molar-refractivity contribution in [2.45, 2.75) is 37.6 Å². The number of hydrogen-bond donors (Lipinski definition) is 3. The highest BCUT2D eigenvalue weighted by Crippen LogP contribution is 2.28. The molecule has 5 atom stereocenters. The summed E-state index contributed by atoms with van der Waals surface area (Å²) in [6, 6.07) is 6.15. The van der Waals surface area contributed by atoms with E-state index in [4.69, 9.17) is 18.6 Å². The molecule has 1 saturated heterocycles. The second kappa shape index (κ2) is 7.11. The Labute approximate surface area is 143 Å². The molecule has 1 aliphatic rings. The van der Waals surface area contributed by atoms with Gasteiger partial charge >= 0.3 is 5.63 Å². The standard InChI is InChI=1S/C17H20O8/c1-8-5-13(19)24-11-4-3-9(6-10(8)11)23-17-15(21)14(20)16(22-2)12(7-18)25-17/h3-6,12,14-18,20-21H,7H2,1-2H3/t12-,14-,15-,16-,17-/m1/s1. The van der Waals surface area contributed by atoms with Crippen molar-refractivity contribution < 1.29 is 33.9 Å². The molecular formula is C17H20O8. The van der Waals surface area contributed by atoms with Crippen molar-refractivity contribution in [3.63, 3.8) is 0 Å². The predicted molar refractivity (Wildman–Crippen MR) is 86.4 cm³/mol. The monoisotopic (exact) mass is 352 g/mol.